The molecule has 0 radical (unpaired) electrons. The quantitative estimate of drug-likeness (QED) is 0.354. The van der Waals surface area contributed by atoms with Gasteiger partial charge in [0.15, 0.2) is 0 Å². The van der Waals surface area contributed by atoms with Crippen LogP contribution in [0, 0.1) is 16.0 Å². The van der Waals surface area contributed by atoms with E-state index in [1.54, 1.807) is 6.08 Å². The Morgan fingerprint density at radius 3 is 2.52 bits per heavy atom. The Labute approximate surface area is 138 Å². The van der Waals surface area contributed by atoms with Crippen LogP contribution in [0.1, 0.15) is 12.0 Å². The molecule has 0 N–H and O–H groups in total. The van der Waals surface area contributed by atoms with Gasteiger partial charge in [-0.15, -0.1) is 0 Å². The topological polar surface area (TPSA) is 83.8 Å². The molecular formula is C15H10F3N3O4. The van der Waals surface area contributed by atoms with E-state index < -0.39 is 40.3 Å². The van der Waals surface area contributed by atoms with Gasteiger partial charge in [0, 0.05) is 12.0 Å². The van der Waals surface area contributed by atoms with E-state index in [0.717, 1.165) is 6.07 Å². The van der Waals surface area contributed by atoms with Crippen molar-refractivity contribution in [3.05, 3.63) is 46.0 Å². The summed E-state index contributed by atoms with van der Waals surface area (Å²) >= 11 is 0. The van der Waals surface area contributed by atoms with Crippen LogP contribution in [0.3, 0.4) is 0 Å². The molecule has 10 heteroatoms. The fourth-order valence-electron chi connectivity index (χ4n) is 3.75. The molecule has 1 aromatic carbocycles. The number of benzene rings is 1. The molecule has 2 aliphatic heterocycles. The predicted molar refractivity (Wildman–Crippen MR) is 77.6 cm³/mol. The minimum absolute atomic E-state index is 0.147. The molecule has 1 aromatic rings. The Morgan fingerprint density at radius 2 is 1.92 bits per heavy atom. The first-order chi connectivity index (χ1) is 11.7. The Bertz CT molecular complexity index is 821. The zero-order valence-corrected chi connectivity index (χ0v) is 12.4. The molecular weight excluding hydrogens is 343 g/mol. The number of imide groups is 1. The van der Waals surface area contributed by atoms with Crippen LogP contribution >= 0.6 is 0 Å². The predicted octanol–water partition coefficient (Wildman–Crippen LogP) is 2.71. The normalized spacial score (nSPS) is 27.4. The van der Waals surface area contributed by atoms with Gasteiger partial charge in [0.1, 0.15) is 11.6 Å². The van der Waals surface area contributed by atoms with Gasteiger partial charge >= 0.3 is 12.2 Å². The zero-order chi connectivity index (χ0) is 18.1. The number of rotatable bonds is 2. The van der Waals surface area contributed by atoms with Crippen LogP contribution in [0.5, 0.6) is 0 Å². The average molecular weight is 353 g/mol. The number of nitro groups is 1. The standard InChI is InChI=1S/C15H10F3N3O4/c16-15(17,18)10-6-9(3-4-11(10)21(24)25)20-13(22)12-7-1-2-8(5-7)19(12)14(20)23/h1-4,6-8,12H,5H2. The van der Waals surface area contributed by atoms with E-state index in [4.69, 9.17) is 0 Å². The van der Waals surface area contributed by atoms with Gasteiger partial charge in [-0.25, -0.2) is 9.69 Å². The van der Waals surface area contributed by atoms with Crippen LogP contribution in [0.15, 0.2) is 30.4 Å². The summed E-state index contributed by atoms with van der Waals surface area (Å²) in [6.45, 7) is 0. The van der Waals surface area contributed by atoms with Crippen molar-refractivity contribution in [2.24, 2.45) is 5.92 Å². The number of hydrogen-bond acceptors (Lipinski definition) is 4. The van der Waals surface area contributed by atoms with Gasteiger partial charge in [-0.1, -0.05) is 12.2 Å². The minimum Gasteiger partial charge on any atom is -0.305 e. The Balaban J connectivity index is 1.77. The van der Waals surface area contributed by atoms with Gasteiger partial charge in [-0.05, 0) is 18.6 Å². The molecule has 0 saturated carbocycles. The molecule has 25 heavy (non-hydrogen) atoms. The number of carbonyl (C=O) groups excluding carboxylic acids is 2. The van der Waals surface area contributed by atoms with Crippen LogP contribution in [-0.4, -0.2) is 33.8 Å². The molecule has 2 bridgehead atoms. The van der Waals surface area contributed by atoms with E-state index in [-0.39, 0.29) is 17.6 Å². The summed E-state index contributed by atoms with van der Waals surface area (Å²) in [4.78, 5) is 36.8. The third-order valence-corrected chi connectivity index (χ3v) is 4.78. The van der Waals surface area contributed by atoms with Gasteiger partial charge in [-0.3, -0.25) is 14.9 Å². The van der Waals surface area contributed by atoms with E-state index in [0.29, 0.717) is 23.5 Å². The lowest BCUT2D eigenvalue weighted by Gasteiger charge is -2.22. The molecule has 2 saturated heterocycles. The number of halogens is 3. The first-order valence-corrected chi connectivity index (χ1v) is 7.40. The number of nitro benzene ring substituents is 1. The third-order valence-electron chi connectivity index (χ3n) is 4.78. The number of fused-ring (bicyclic) bond motifs is 5. The van der Waals surface area contributed by atoms with Crippen molar-refractivity contribution >= 4 is 23.3 Å². The lowest BCUT2D eigenvalue weighted by atomic mass is 10.0. The number of carbonyl (C=O) groups is 2. The molecule has 3 atom stereocenters. The summed E-state index contributed by atoms with van der Waals surface area (Å²) in [5, 5.41) is 10.8. The maximum absolute atomic E-state index is 13.1. The number of nitrogens with zero attached hydrogens (tertiary/aromatic N) is 3. The monoisotopic (exact) mass is 353 g/mol. The molecule has 0 spiro atoms. The average Bonchev–Trinajstić information content (AvgIpc) is 3.20. The van der Waals surface area contributed by atoms with E-state index in [1.807, 2.05) is 6.08 Å². The third kappa shape index (κ3) is 2.06. The summed E-state index contributed by atoms with van der Waals surface area (Å²) in [6.07, 6.45) is -0.727. The highest BCUT2D eigenvalue weighted by atomic mass is 19.4. The number of alkyl halides is 3. The number of hydrogen-bond donors (Lipinski definition) is 0. The molecule has 2 heterocycles. The van der Waals surface area contributed by atoms with Crippen LogP contribution in [-0.2, 0) is 11.0 Å². The molecule has 130 valence electrons. The van der Waals surface area contributed by atoms with E-state index in [9.17, 15) is 32.9 Å². The molecule has 4 rings (SSSR count). The van der Waals surface area contributed by atoms with Crippen molar-refractivity contribution < 1.29 is 27.7 Å². The molecule has 3 amide bonds. The maximum atomic E-state index is 13.1. The lowest BCUT2D eigenvalue weighted by molar-refractivity contribution is -0.388. The summed E-state index contributed by atoms with van der Waals surface area (Å²) in [5.41, 5.74) is -2.94. The van der Waals surface area contributed by atoms with E-state index >= 15 is 0 Å². The van der Waals surface area contributed by atoms with Crippen molar-refractivity contribution in [2.75, 3.05) is 4.90 Å². The van der Waals surface area contributed by atoms with Crippen LogP contribution in [0.4, 0.5) is 29.3 Å². The second-order valence-corrected chi connectivity index (χ2v) is 6.12. The van der Waals surface area contributed by atoms with E-state index in [2.05, 4.69) is 0 Å². The Morgan fingerprint density at radius 1 is 1.20 bits per heavy atom. The summed E-state index contributed by atoms with van der Waals surface area (Å²) in [6, 6.07) is 0.471. The highest BCUT2D eigenvalue weighted by molar-refractivity contribution is 6.22. The summed E-state index contributed by atoms with van der Waals surface area (Å²) < 4.78 is 39.4. The first-order valence-electron chi connectivity index (χ1n) is 7.40. The van der Waals surface area contributed by atoms with Crippen LogP contribution in [0.25, 0.3) is 0 Å². The van der Waals surface area contributed by atoms with Crippen molar-refractivity contribution in [1.82, 2.24) is 4.90 Å². The van der Waals surface area contributed by atoms with Crippen LogP contribution in [0.2, 0.25) is 0 Å². The van der Waals surface area contributed by atoms with E-state index in [1.165, 1.54) is 4.90 Å². The SMILES string of the molecule is O=C1C2C3C=CC(C3)N2C(=O)N1c1ccc([N+](=O)[O-])c(C(F)(F)F)c1. The molecule has 3 unspecified atom stereocenters. The van der Waals surface area contributed by atoms with Crippen molar-refractivity contribution in [2.45, 2.75) is 24.7 Å². The zero-order valence-electron chi connectivity index (χ0n) is 12.4. The summed E-state index contributed by atoms with van der Waals surface area (Å²) in [5.74, 6) is -0.754. The number of urea groups is 1. The molecule has 7 nitrogen and oxygen atoms in total. The largest absolute Gasteiger partial charge is 0.423 e. The van der Waals surface area contributed by atoms with Gasteiger partial charge in [0.2, 0.25) is 0 Å². The lowest BCUT2D eigenvalue weighted by Crippen LogP contribution is -2.38. The smallest absolute Gasteiger partial charge is 0.305 e. The van der Waals surface area contributed by atoms with Crippen LogP contribution < -0.4 is 4.90 Å². The summed E-state index contributed by atoms with van der Waals surface area (Å²) in [7, 11) is 0. The Kier molecular flexibility index (Phi) is 3.00. The Hall–Kier alpha value is -2.91. The van der Waals surface area contributed by atoms with Crippen molar-refractivity contribution in [3.8, 4) is 0 Å². The fraction of sp³-hybridized carbons (Fsp3) is 0.333. The number of amides is 3. The van der Waals surface area contributed by atoms with Gasteiger partial charge < -0.3 is 4.90 Å². The molecule has 3 aliphatic rings. The second kappa shape index (κ2) is 4.80. The maximum Gasteiger partial charge on any atom is 0.423 e. The first kappa shape index (κ1) is 15.6. The van der Waals surface area contributed by atoms with Gasteiger partial charge in [0.25, 0.3) is 11.6 Å². The second-order valence-electron chi connectivity index (χ2n) is 6.12. The highest BCUT2D eigenvalue weighted by Gasteiger charge is 2.57. The van der Waals surface area contributed by atoms with Crippen molar-refractivity contribution in [1.29, 1.82) is 0 Å². The molecule has 2 fully saturated rings. The highest BCUT2D eigenvalue weighted by Crippen LogP contribution is 2.45. The van der Waals surface area contributed by atoms with Gasteiger partial charge in [0.05, 0.1) is 16.7 Å². The number of anilines is 1. The van der Waals surface area contributed by atoms with Gasteiger partial charge in [-0.2, -0.15) is 13.2 Å². The van der Waals surface area contributed by atoms with Crippen molar-refractivity contribution in [3.63, 3.8) is 0 Å². The minimum atomic E-state index is -4.99. The fourth-order valence-corrected chi connectivity index (χ4v) is 3.75. The molecule has 1 aliphatic carbocycles. The molecule has 0 aromatic heterocycles.